The zero-order chi connectivity index (χ0) is 13.8. The van der Waals surface area contributed by atoms with Crippen molar-refractivity contribution < 1.29 is 22.7 Å². The van der Waals surface area contributed by atoms with Gasteiger partial charge in [0.25, 0.3) is 0 Å². The predicted octanol–water partition coefficient (Wildman–Crippen LogP) is 1.42. The highest BCUT2D eigenvalue weighted by atomic mass is 32.2. The lowest BCUT2D eigenvalue weighted by molar-refractivity contribution is -0.140. The van der Waals surface area contributed by atoms with Gasteiger partial charge in [0.2, 0.25) is 0 Å². The molecule has 0 aliphatic carbocycles. The van der Waals surface area contributed by atoms with Crippen LogP contribution in [0.5, 0.6) is 5.75 Å². The first-order valence-corrected chi connectivity index (χ1v) is 6.91. The molecule has 0 heterocycles. The monoisotopic (exact) mass is 272 g/mol. The summed E-state index contributed by atoms with van der Waals surface area (Å²) < 4.78 is 33.8. The molecule has 0 saturated heterocycles. The van der Waals surface area contributed by atoms with E-state index in [4.69, 9.17) is 4.74 Å². The Hall–Kier alpha value is -1.56. The van der Waals surface area contributed by atoms with Gasteiger partial charge in [-0.2, -0.15) is 0 Å². The summed E-state index contributed by atoms with van der Waals surface area (Å²) in [5.41, 5.74) is 0. The Morgan fingerprint density at radius 2 is 2.00 bits per heavy atom. The molecule has 0 spiro atoms. The zero-order valence-corrected chi connectivity index (χ0v) is 11.4. The van der Waals surface area contributed by atoms with E-state index in [1.54, 1.807) is 12.1 Å². The summed E-state index contributed by atoms with van der Waals surface area (Å²) in [7, 11) is -0.866. The topological polar surface area (TPSA) is 69.7 Å². The molecule has 1 atom stereocenters. The standard InChI is InChI=1S/C12H16O5S/c1-9(7-12(13)17-3)18(14,15)11-6-4-5-10(8-11)16-2/h4-6,8-9H,7H2,1-3H3. The molecule has 1 aromatic carbocycles. The molecule has 1 aromatic rings. The van der Waals surface area contributed by atoms with Gasteiger partial charge >= 0.3 is 5.97 Å². The zero-order valence-electron chi connectivity index (χ0n) is 10.5. The second-order valence-corrected chi connectivity index (χ2v) is 6.18. The van der Waals surface area contributed by atoms with Crippen molar-refractivity contribution in [2.75, 3.05) is 14.2 Å². The van der Waals surface area contributed by atoms with Gasteiger partial charge in [-0.25, -0.2) is 8.42 Å². The molecule has 0 amide bonds. The lowest BCUT2D eigenvalue weighted by atomic mass is 10.3. The van der Waals surface area contributed by atoms with E-state index in [0.717, 1.165) is 0 Å². The molecule has 0 fully saturated rings. The van der Waals surface area contributed by atoms with Crippen LogP contribution in [0.1, 0.15) is 13.3 Å². The summed E-state index contributed by atoms with van der Waals surface area (Å²) in [5, 5.41) is -0.836. The van der Waals surface area contributed by atoms with Crippen molar-refractivity contribution in [3.63, 3.8) is 0 Å². The molecule has 0 aliphatic heterocycles. The van der Waals surface area contributed by atoms with Gasteiger partial charge in [-0.3, -0.25) is 4.79 Å². The Morgan fingerprint density at radius 1 is 1.33 bits per heavy atom. The van der Waals surface area contributed by atoms with Crippen LogP contribution < -0.4 is 4.74 Å². The smallest absolute Gasteiger partial charge is 0.306 e. The van der Waals surface area contributed by atoms with Gasteiger partial charge in [-0.15, -0.1) is 0 Å². The van der Waals surface area contributed by atoms with Crippen molar-refractivity contribution >= 4 is 15.8 Å². The highest BCUT2D eigenvalue weighted by Gasteiger charge is 2.26. The summed E-state index contributed by atoms with van der Waals surface area (Å²) in [4.78, 5) is 11.2. The number of carbonyl (C=O) groups excluding carboxylic acids is 1. The van der Waals surface area contributed by atoms with Crippen LogP contribution >= 0.6 is 0 Å². The second kappa shape index (κ2) is 5.86. The first kappa shape index (κ1) is 14.5. The van der Waals surface area contributed by atoms with E-state index in [1.807, 2.05) is 0 Å². The summed E-state index contributed by atoms with van der Waals surface area (Å²) >= 11 is 0. The second-order valence-electron chi connectivity index (χ2n) is 3.81. The number of ether oxygens (including phenoxy) is 2. The third kappa shape index (κ3) is 3.22. The number of sulfone groups is 1. The van der Waals surface area contributed by atoms with Crippen molar-refractivity contribution in [2.24, 2.45) is 0 Å². The lowest BCUT2D eigenvalue weighted by Gasteiger charge is -2.12. The van der Waals surface area contributed by atoms with Crippen molar-refractivity contribution in [3.8, 4) is 5.75 Å². The van der Waals surface area contributed by atoms with Crippen LogP contribution in [0.25, 0.3) is 0 Å². The maximum atomic E-state index is 12.2. The van der Waals surface area contributed by atoms with Crippen LogP contribution in [-0.4, -0.2) is 33.9 Å². The van der Waals surface area contributed by atoms with E-state index in [0.29, 0.717) is 5.75 Å². The van der Waals surface area contributed by atoms with E-state index < -0.39 is 21.1 Å². The molecular formula is C12H16O5S. The third-order valence-corrected chi connectivity index (χ3v) is 4.72. The first-order valence-electron chi connectivity index (χ1n) is 5.36. The van der Waals surface area contributed by atoms with Crippen LogP contribution in [0.15, 0.2) is 29.2 Å². The molecule has 6 heteroatoms. The maximum Gasteiger partial charge on any atom is 0.306 e. The number of hydrogen-bond donors (Lipinski definition) is 0. The number of methoxy groups -OCH3 is 2. The van der Waals surface area contributed by atoms with Gasteiger partial charge in [0.1, 0.15) is 5.75 Å². The molecule has 0 bridgehead atoms. The Kier molecular flexibility index (Phi) is 4.72. The number of hydrogen-bond acceptors (Lipinski definition) is 5. The van der Waals surface area contributed by atoms with Crippen molar-refractivity contribution in [1.82, 2.24) is 0 Å². The minimum Gasteiger partial charge on any atom is -0.497 e. The fourth-order valence-corrected chi connectivity index (χ4v) is 2.81. The summed E-state index contributed by atoms with van der Waals surface area (Å²) in [5.74, 6) is -0.0877. The van der Waals surface area contributed by atoms with Crippen LogP contribution in [0.4, 0.5) is 0 Å². The van der Waals surface area contributed by atoms with E-state index >= 15 is 0 Å². The minimum absolute atomic E-state index is 0.137. The quantitative estimate of drug-likeness (QED) is 0.758. The van der Waals surface area contributed by atoms with Crippen LogP contribution in [0.2, 0.25) is 0 Å². The van der Waals surface area contributed by atoms with Gasteiger partial charge in [0.05, 0.1) is 30.8 Å². The van der Waals surface area contributed by atoms with E-state index in [1.165, 1.54) is 33.3 Å². The molecule has 1 unspecified atom stereocenters. The fourth-order valence-electron chi connectivity index (χ4n) is 1.44. The predicted molar refractivity (Wildman–Crippen MR) is 66.3 cm³/mol. The van der Waals surface area contributed by atoms with Crippen LogP contribution in [0.3, 0.4) is 0 Å². The van der Waals surface area contributed by atoms with Crippen molar-refractivity contribution in [2.45, 2.75) is 23.5 Å². The molecule has 100 valence electrons. The summed E-state index contributed by atoms with van der Waals surface area (Å²) in [6.07, 6.45) is -0.171. The number of carbonyl (C=O) groups is 1. The molecule has 5 nitrogen and oxygen atoms in total. The Morgan fingerprint density at radius 3 is 2.56 bits per heavy atom. The summed E-state index contributed by atoms with van der Waals surface area (Å²) in [6, 6.07) is 6.16. The molecule has 1 rings (SSSR count). The maximum absolute atomic E-state index is 12.2. The molecule has 0 saturated carbocycles. The molecular weight excluding hydrogens is 256 g/mol. The average Bonchev–Trinajstić information content (AvgIpc) is 2.38. The SMILES string of the molecule is COC(=O)CC(C)S(=O)(=O)c1cccc(OC)c1. The Balaban J connectivity index is 3.01. The summed E-state index contributed by atoms with van der Waals surface area (Å²) in [6.45, 7) is 1.48. The molecule has 0 N–H and O–H groups in total. The van der Waals surface area contributed by atoms with E-state index in [2.05, 4.69) is 4.74 Å². The van der Waals surface area contributed by atoms with E-state index in [9.17, 15) is 13.2 Å². The highest BCUT2D eigenvalue weighted by Crippen LogP contribution is 2.22. The van der Waals surface area contributed by atoms with Gasteiger partial charge in [0, 0.05) is 0 Å². The van der Waals surface area contributed by atoms with Gasteiger partial charge in [-0.05, 0) is 25.1 Å². The molecule has 0 radical (unpaired) electrons. The fraction of sp³-hybridized carbons (Fsp3) is 0.417. The minimum atomic E-state index is -3.56. The highest BCUT2D eigenvalue weighted by molar-refractivity contribution is 7.92. The van der Waals surface area contributed by atoms with Crippen LogP contribution in [-0.2, 0) is 19.4 Å². The lowest BCUT2D eigenvalue weighted by Crippen LogP contribution is -2.22. The molecule has 0 aliphatic rings. The third-order valence-electron chi connectivity index (χ3n) is 2.58. The van der Waals surface area contributed by atoms with Crippen molar-refractivity contribution in [3.05, 3.63) is 24.3 Å². The van der Waals surface area contributed by atoms with E-state index in [-0.39, 0.29) is 11.3 Å². The average molecular weight is 272 g/mol. The molecule has 18 heavy (non-hydrogen) atoms. The largest absolute Gasteiger partial charge is 0.497 e. The van der Waals surface area contributed by atoms with Crippen molar-refractivity contribution in [1.29, 1.82) is 0 Å². The van der Waals surface area contributed by atoms with Gasteiger partial charge in [-0.1, -0.05) is 6.07 Å². The number of rotatable bonds is 5. The van der Waals surface area contributed by atoms with Gasteiger partial charge < -0.3 is 9.47 Å². The first-order chi connectivity index (χ1) is 8.41. The normalized spacial score (nSPS) is 12.8. The number of benzene rings is 1. The Labute approximate surface area is 107 Å². The Bertz CT molecular complexity index is 521. The van der Waals surface area contributed by atoms with Gasteiger partial charge in [0.15, 0.2) is 9.84 Å². The number of esters is 1. The van der Waals surface area contributed by atoms with Crippen LogP contribution in [0, 0.1) is 0 Å². The molecule has 0 aromatic heterocycles.